The molecule has 2 aliphatic heterocycles. The van der Waals surface area contributed by atoms with E-state index in [1.54, 1.807) is 6.08 Å². The molecule has 4 nitrogen and oxygen atoms in total. The van der Waals surface area contributed by atoms with Crippen LogP contribution in [0.25, 0.3) is 0 Å². The number of hydrogen-bond donors (Lipinski definition) is 0. The van der Waals surface area contributed by atoms with E-state index in [1.165, 1.54) is 0 Å². The number of hydrogen-bond acceptors (Lipinski definition) is 4. The molecule has 1 aromatic carbocycles. The molecule has 0 N–H and O–H groups in total. The second-order valence-electron chi connectivity index (χ2n) is 13.2. The molecule has 0 aliphatic carbocycles. The Hall–Kier alpha value is -2.23. The number of carbonyl (C=O) groups excluding carboxylic acids is 1. The van der Waals surface area contributed by atoms with Gasteiger partial charge in [-0.05, 0) is 39.5 Å². The third-order valence-electron chi connectivity index (χ3n) is 5.97. The molecule has 4 heteroatoms. The number of allylic oxidation sites excluding steroid dienone is 3. The summed E-state index contributed by atoms with van der Waals surface area (Å²) in [5.41, 5.74) is 2.26. The van der Waals surface area contributed by atoms with E-state index in [0.29, 0.717) is 17.3 Å². The highest BCUT2D eigenvalue weighted by Gasteiger charge is 2.53. The van der Waals surface area contributed by atoms with Gasteiger partial charge >= 0.3 is 11.8 Å². The first-order valence-electron chi connectivity index (χ1n) is 11.5. The Labute approximate surface area is 194 Å². The topological polar surface area (TPSA) is 44.8 Å². The lowest BCUT2D eigenvalue weighted by molar-refractivity contribution is -0.193. The van der Waals surface area contributed by atoms with Gasteiger partial charge in [0.25, 0.3) is 0 Å². The number of carbonyl (C=O) groups is 1. The SMILES string of the molecule is CC(C)(C)C1=CC2(OC(C(C)(C)C)=C1)Oc1c(cc(C(C)(C)C)cc1C(C)(C)C)OC2=O. The highest BCUT2D eigenvalue weighted by atomic mass is 16.7. The van der Waals surface area contributed by atoms with Crippen LogP contribution in [0.4, 0.5) is 0 Å². The molecule has 0 saturated heterocycles. The number of esters is 1. The molecule has 0 fully saturated rings. The number of ether oxygens (including phenoxy) is 3. The first kappa shape index (κ1) is 24.4. The maximum atomic E-state index is 13.5. The molecule has 2 heterocycles. The second-order valence-corrected chi connectivity index (χ2v) is 13.2. The Kier molecular flexibility index (Phi) is 5.44. The predicted molar refractivity (Wildman–Crippen MR) is 129 cm³/mol. The summed E-state index contributed by atoms with van der Waals surface area (Å²) in [6, 6.07) is 4.09. The van der Waals surface area contributed by atoms with Crippen molar-refractivity contribution in [3.05, 3.63) is 46.7 Å². The minimum atomic E-state index is -1.64. The van der Waals surface area contributed by atoms with Crippen molar-refractivity contribution >= 4 is 5.97 Å². The van der Waals surface area contributed by atoms with Gasteiger partial charge in [0.05, 0.1) is 0 Å². The predicted octanol–water partition coefficient (Wildman–Crippen LogP) is 7.21. The third kappa shape index (κ3) is 4.46. The monoisotopic (exact) mass is 440 g/mol. The molecule has 1 aromatic rings. The first-order valence-corrected chi connectivity index (χ1v) is 11.5. The third-order valence-corrected chi connectivity index (χ3v) is 5.97. The highest BCUT2D eigenvalue weighted by molar-refractivity contribution is 5.86. The largest absolute Gasteiger partial charge is 0.444 e. The molecule has 32 heavy (non-hydrogen) atoms. The number of rotatable bonds is 0. The lowest BCUT2D eigenvalue weighted by Gasteiger charge is -2.42. The van der Waals surface area contributed by atoms with Gasteiger partial charge in [-0.15, -0.1) is 0 Å². The fourth-order valence-corrected chi connectivity index (χ4v) is 3.70. The van der Waals surface area contributed by atoms with Gasteiger partial charge in [0.1, 0.15) is 5.76 Å². The minimum absolute atomic E-state index is 0.0979. The zero-order chi connectivity index (χ0) is 24.5. The molecule has 1 unspecified atom stereocenters. The van der Waals surface area contributed by atoms with Gasteiger partial charge in [0.2, 0.25) is 0 Å². The van der Waals surface area contributed by atoms with Crippen LogP contribution in [0.15, 0.2) is 35.6 Å². The van der Waals surface area contributed by atoms with Crippen molar-refractivity contribution in [1.82, 2.24) is 0 Å². The normalized spacial score (nSPS) is 21.8. The Bertz CT molecular complexity index is 998. The van der Waals surface area contributed by atoms with Gasteiger partial charge in [-0.25, -0.2) is 4.79 Å². The van der Waals surface area contributed by atoms with E-state index in [1.807, 2.05) is 12.1 Å². The molecule has 0 bridgehead atoms. The van der Waals surface area contributed by atoms with Gasteiger partial charge in [-0.1, -0.05) is 89.2 Å². The van der Waals surface area contributed by atoms with Crippen molar-refractivity contribution in [2.75, 3.05) is 0 Å². The fourth-order valence-electron chi connectivity index (χ4n) is 3.70. The number of benzene rings is 1. The van der Waals surface area contributed by atoms with Crippen LogP contribution in [0.1, 0.15) is 94.2 Å². The van der Waals surface area contributed by atoms with Crippen molar-refractivity contribution in [1.29, 1.82) is 0 Å². The summed E-state index contributed by atoms with van der Waals surface area (Å²) in [5.74, 6) is -0.457. The lowest BCUT2D eigenvalue weighted by Crippen LogP contribution is -2.53. The quantitative estimate of drug-likeness (QED) is 0.316. The fraction of sp³-hybridized carbons (Fsp3) is 0.607. The molecule has 0 saturated carbocycles. The van der Waals surface area contributed by atoms with E-state index in [9.17, 15) is 4.79 Å². The van der Waals surface area contributed by atoms with Crippen LogP contribution in [0.5, 0.6) is 11.5 Å². The average Bonchev–Trinajstić information content (AvgIpc) is 2.58. The first-order chi connectivity index (χ1) is 14.2. The molecule has 1 atom stereocenters. The summed E-state index contributed by atoms with van der Waals surface area (Å²) in [6.07, 6.45) is 3.82. The molecule has 176 valence electrons. The maximum absolute atomic E-state index is 13.5. The zero-order valence-corrected chi connectivity index (χ0v) is 21.9. The Morgan fingerprint density at radius 1 is 0.719 bits per heavy atom. The summed E-state index contributed by atoms with van der Waals surface area (Å²) < 4.78 is 18.8. The summed E-state index contributed by atoms with van der Waals surface area (Å²) in [7, 11) is 0. The molecule has 0 amide bonds. The van der Waals surface area contributed by atoms with Crippen molar-refractivity contribution in [3.8, 4) is 11.5 Å². The van der Waals surface area contributed by atoms with E-state index in [-0.39, 0.29) is 21.7 Å². The van der Waals surface area contributed by atoms with Crippen molar-refractivity contribution in [2.24, 2.45) is 10.8 Å². The van der Waals surface area contributed by atoms with E-state index >= 15 is 0 Å². The van der Waals surface area contributed by atoms with Gasteiger partial charge < -0.3 is 14.2 Å². The van der Waals surface area contributed by atoms with Crippen molar-refractivity contribution in [3.63, 3.8) is 0 Å². The van der Waals surface area contributed by atoms with Gasteiger partial charge in [-0.2, -0.15) is 0 Å². The summed E-state index contributed by atoms with van der Waals surface area (Å²) in [4.78, 5) is 13.5. The average molecular weight is 441 g/mol. The van der Waals surface area contributed by atoms with E-state index in [4.69, 9.17) is 14.2 Å². The molecular formula is C28H40O4. The standard InChI is InChI=1S/C28H40O4/c1-24(2,3)17-13-19(26(7,8)9)22-20(14-17)30-23(29)28(32-22)16-18(25(4,5)6)15-21(31-28)27(10,11)12/h13-16H,1-12H3. The molecule has 3 rings (SSSR count). The van der Waals surface area contributed by atoms with Crippen LogP contribution >= 0.6 is 0 Å². The van der Waals surface area contributed by atoms with Crippen LogP contribution < -0.4 is 9.47 Å². The Morgan fingerprint density at radius 3 is 1.78 bits per heavy atom. The van der Waals surface area contributed by atoms with Gasteiger partial charge in [-0.3, -0.25) is 0 Å². The zero-order valence-electron chi connectivity index (χ0n) is 21.9. The van der Waals surface area contributed by atoms with Crippen LogP contribution in [0, 0.1) is 10.8 Å². The van der Waals surface area contributed by atoms with Crippen molar-refractivity contribution < 1.29 is 19.0 Å². The molecule has 0 radical (unpaired) electrons. The summed E-state index contributed by atoms with van der Waals surface area (Å²) in [6.45, 7) is 25.4. The highest BCUT2D eigenvalue weighted by Crippen LogP contribution is 2.50. The molecule has 0 aromatic heterocycles. The van der Waals surface area contributed by atoms with E-state index < -0.39 is 11.8 Å². The molecular weight excluding hydrogens is 400 g/mol. The van der Waals surface area contributed by atoms with E-state index in [0.717, 1.165) is 16.7 Å². The lowest BCUT2D eigenvalue weighted by atomic mass is 9.79. The maximum Gasteiger partial charge on any atom is 0.403 e. The number of fused-ring (bicyclic) bond motifs is 1. The van der Waals surface area contributed by atoms with Crippen LogP contribution in [0.3, 0.4) is 0 Å². The Morgan fingerprint density at radius 2 is 1.31 bits per heavy atom. The smallest absolute Gasteiger partial charge is 0.403 e. The van der Waals surface area contributed by atoms with Gasteiger partial charge in [0.15, 0.2) is 11.5 Å². The van der Waals surface area contributed by atoms with Crippen LogP contribution in [0.2, 0.25) is 0 Å². The summed E-state index contributed by atoms with van der Waals surface area (Å²) in [5, 5.41) is 0. The van der Waals surface area contributed by atoms with Crippen molar-refractivity contribution in [2.45, 2.75) is 99.7 Å². The van der Waals surface area contributed by atoms with E-state index in [2.05, 4.69) is 89.2 Å². The second kappa shape index (κ2) is 7.13. The van der Waals surface area contributed by atoms with Gasteiger partial charge in [0, 0.05) is 17.1 Å². The molecule has 2 aliphatic rings. The van der Waals surface area contributed by atoms with Crippen LogP contribution in [-0.4, -0.2) is 11.8 Å². The molecule has 1 spiro atoms. The Balaban J connectivity index is 2.24. The minimum Gasteiger partial charge on any atom is -0.444 e. The van der Waals surface area contributed by atoms with Crippen LogP contribution in [-0.2, 0) is 20.4 Å². The summed E-state index contributed by atoms with van der Waals surface area (Å²) >= 11 is 0.